The maximum Gasteiger partial charge on any atom is 0.269 e. The van der Waals surface area contributed by atoms with Crippen LogP contribution in [-0.4, -0.2) is 38.4 Å². The third-order valence-corrected chi connectivity index (χ3v) is 5.00. The first-order valence-corrected chi connectivity index (χ1v) is 9.29. The number of fused-ring (bicyclic) bond motifs is 1. The molecule has 0 unspecified atom stereocenters. The van der Waals surface area contributed by atoms with Crippen molar-refractivity contribution in [2.45, 2.75) is 11.8 Å². The van der Waals surface area contributed by atoms with Gasteiger partial charge in [-0.15, -0.1) is 10.2 Å². The van der Waals surface area contributed by atoms with Crippen LogP contribution >= 0.6 is 11.8 Å². The summed E-state index contributed by atoms with van der Waals surface area (Å²) in [5.74, 6) is 2.61. The maximum absolute atomic E-state index is 10.8. The Morgan fingerprint density at radius 2 is 1.82 bits per heavy atom. The molecule has 9 nitrogen and oxygen atoms in total. The average molecular weight is 397 g/mol. The Hall–Kier alpha value is -3.40. The van der Waals surface area contributed by atoms with Gasteiger partial charge in [-0.3, -0.25) is 10.1 Å². The standard InChI is InChI=1S/C18H15N5O4S/c1-26-14-6-8-15(9-7-14)27-10-17-19-20-18-22(17)21-16(11-28-18)12-2-4-13(5-3-12)23(24)25/h2-9H,10-11H2,1H3. The van der Waals surface area contributed by atoms with Crippen molar-refractivity contribution in [1.29, 1.82) is 0 Å². The number of benzene rings is 2. The highest BCUT2D eigenvalue weighted by Crippen LogP contribution is 2.25. The van der Waals surface area contributed by atoms with Gasteiger partial charge in [0.05, 0.1) is 17.7 Å². The molecule has 0 radical (unpaired) electrons. The molecule has 0 spiro atoms. The van der Waals surface area contributed by atoms with E-state index in [9.17, 15) is 10.1 Å². The zero-order valence-corrected chi connectivity index (χ0v) is 15.6. The normalized spacial score (nSPS) is 12.8. The van der Waals surface area contributed by atoms with E-state index in [0.717, 1.165) is 17.0 Å². The molecule has 1 aliphatic heterocycles. The zero-order valence-electron chi connectivity index (χ0n) is 14.8. The fraction of sp³-hybridized carbons (Fsp3) is 0.167. The second-order valence-corrected chi connectivity index (χ2v) is 6.76. The Morgan fingerprint density at radius 3 is 2.50 bits per heavy atom. The summed E-state index contributed by atoms with van der Waals surface area (Å²) in [6, 6.07) is 13.6. The van der Waals surface area contributed by atoms with Crippen molar-refractivity contribution in [1.82, 2.24) is 14.9 Å². The third-order valence-electron chi connectivity index (χ3n) is 4.07. The van der Waals surface area contributed by atoms with Gasteiger partial charge in [0.2, 0.25) is 5.16 Å². The van der Waals surface area contributed by atoms with Crippen LogP contribution in [0.4, 0.5) is 5.69 Å². The number of methoxy groups -OCH3 is 1. The molecule has 4 rings (SSSR count). The number of nitrogens with zero attached hydrogens (tertiary/aromatic N) is 5. The van der Waals surface area contributed by atoms with Crippen LogP contribution in [0.1, 0.15) is 11.4 Å². The fourth-order valence-electron chi connectivity index (χ4n) is 2.60. The summed E-state index contributed by atoms with van der Waals surface area (Å²) < 4.78 is 12.5. The Labute approximate surface area is 164 Å². The van der Waals surface area contributed by atoms with E-state index in [1.165, 1.54) is 23.9 Å². The van der Waals surface area contributed by atoms with E-state index < -0.39 is 4.92 Å². The SMILES string of the molecule is COc1ccc(OCc2nnc3n2N=C(c2ccc([N+](=O)[O-])cc2)CS3)cc1. The van der Waals surface area contributed by atoms with Crippen LogP contribution < -0.4 is 9.47 Å². The molecule has 0 aliphatic carbocycles. The average Bonchev–Trinajstić information content (AvgIpc) is 3.15. The molecule has 0 amide bonds. The van der Waals surface area contributed by atoms with Crippen molar-refractivity contribution in [3.8, 4) is 11.5 Å². The quantitative estimate of drug-likeness (QED) is 0.465. The molecule has 0 saturated carbocycles. The van der Waals surface area contributed by atoms with Crippen LogP contribution in [0.15, 0.2) is 58.8 Å². The minimum Gasteiger partial charge on any atom is -0.497 e. The van der Waals surface area contributed by atoms with Crippen LogP contribution in [0.2, 0.25) is 0 Å². The Balaban J connectivity index is 1.53. The van der Waals surface area contributed by atoms with Crippen molar-refractivity contribution in [2.75, 3.05) is 12.9 Å². The van der Waals surface area contributed by atoms with E-state index in [0.29, 0.717) is 22.5 Å². The lowest BCUT2D eigenvalue weighted by atomic mass is 10.1. The van der Waals surface area contributed by atoms with Crippen LogP contribution in [0, 0.1) is 10.1 Å². The number of rotatable bonds is 6. The van der Waals surface area contributed by atoms with Gasteiger partial charge in [0.1, 0.15) is 18.1 Å². The molecule has 0 atom stereocenters. The second kappa shape index (κ2) is 7.69. The first-order chi connectivity index (χ1) is 13.6. The first-order valence-electron chi connectivity index (χ1n) is 8.30. The highest BCUT2D eigenvalue weighted by atomic mass is 32.2. The summed E-state index contributed by atoms with van der Waals surface area (Å²) in [6.07, 6.45) is 0. The maximum atomic E-state index is 10.8. The van der Waals surface area contributed by atoms with Crippen molar-refractivity contribution < 1.29 is 14.4 Å². The molecule has 2 aromatic carbocycles. The molecule has 1 aromatic heterocycles. The predicted octanol–water partition coefficient (Wildman–Crippen LogP) is 3.13. The summed E-state index contributed by atoms with van der Waals surface area (Å²) in [5, 5.41) is 24.4. The van der Waals surface area contributed by atoms with Gasteiger partial charge in [0.15, 0.2) is 5.82 Å². The molecule has 0 fully saturated rings. The highest BCUT2D eigenvalue weighted by Gasteiger charge is 2.20. The number of thioether (sulfide) groups is 1. The Kier molecular flexibility index (Phi) is 4.94. The van der Waals surface area contributed by atoms with Crippen molar-refractivity contribution >= 4 is 23.2 Å². The van der Waals surface area contributed by atoms with Gasteiger partial charge in [-0.05, 0) is 42.0 Å². The van der Waals surface area contributed by atoms with Crippen LogP contribution in [0.5, 0.6) is 11.5 Å². The van der Waals surface area contributed by atoms with Crippen molar-refractivity contribution in [2.24, 2.45) is 5.10 Å². The number of nitro benzene ring substituents is 1. The number of ether oxygens (including phenoxy) is 2. The molecule has 1 aliphatic rings. The highest BCUT2D eigenvalue weighted by molar-refractivity contribution is 7.99. The van der Waals surface area contributed by atoms with Gasteiger partial charge in [-0.1, -0.05) is 11.8 Å². The van der Waals surface area contributed by atoms with Crippen LogP contribution in [0.3, 0.4) is 0 Å². The van der Waals surface area contributed by atoms with Crippen LogP contribution in [-0.2, 0) is 6.61 Å². The van der Waals surface area contributed by atoms with E-state index in [2.05, 4.69) is 15.3 Å². The van der Waals surface area contributed by atoms with Gasteiger partial charge in [0, 0.05) is 17.9 Å². The van der Waals surface area contributed by atoms with Gasteiger partial charge in [-0.2, -0.15) is 9.78 Å². The summed E-state index contributed by atoms with van der Waals surface area (Å²) >= 11 is 1.50. The molecular formula is C18H15N5O4S. The molecule has 2 heterocycles. The smallest absolute Gasteiger partial charge is 0.269 e. The molecule has 0 N–H and O–H groups in total. The molecule has 28 heavy (non-hydrogen) atoms. The van der Waals surface area contributed by atoms with E-state index >= 15 is 0 Å². The van der Waals surface area contributed by atoms with Crippen molar-refractivity contribution in [3.05, 3.63) is 70.0 Å². The minimum atomic E-state index is -0.423. The minimum absolute atomic E-state index is 0.0476. The first kappa shape index (κ1) is 18.0. The molecule has 0 saturated heterocycles. The van der Waals surface area contributed by atoms with E-state index in [-0.39, 0.29) is 12.3 Å². The molecule has 3 aromatic rings. The van der Waals surface area contributed by atoms with Crippen LogP contribution in [0.25, 0.3) is 0 Å². The molecular weight excluding hydrogens is 382 g/mol. The lowest BCUT2D eigenvalue weighted by molar-refractivity contribution is -0.384. The molecule has 0 bridgehead atoms. The lowest BCUT2D eigenvalue weighted by Crippen LogP contribution is -2.15. The summed E-state index contributed by atoms with van der Waals surface area (Å²) in [5.41, 5.74) is 1.66. The number of nitro groups is 1. The number of aromatic nitrogens is 3. The summed E-state index contributed by atoms with van der Waals surface area (Å²) in [7, 11) is 1.61. The number of non-ortho nitro benzene ring substituents is 1. The summed E-state index contributed by atoms with van der Waals surface area (Å²) in [4.78, 5) is 10.4. The largest absolute Gasteiger partial charge is 0.497 e. The third kappa shape index (κ3) is 3.67. The Bertz CT molecular complexity index is 1030. The topological polar surface area (TPSA) is 105 Å². The van der Waals surface area contributed by atoms with Gasteiger partial charge >= 0.3 is 0 Å². The second-order valence-electron chi connectivity index (χ2n) is 5.81. The van der Waals surface area contributed by atoms with Gasteiger partial charge in [0.25, 0.3) is 5.69 Å². The molecule has 10 heteroatoms. The predicted molar refractivity (Wildman–Crippen MR) is 103 cm³/mol. The van der Waals surface area contributed by atoms with E-state index in [1.54, 1.807) is 23.9 Å². The van der Waals surface area contributed by atoms with Gasteiger partial charge in [-0.25, -0.2) is 0 Å². The molecule has 142 valence electrons. The number of hydrogen-bond donors (Lipinski definition) is 0. The number of hydrogen-bond acceptors (Lipinski definition) is 8. The lowest BCUT2D eigenvalue weighted by Gasteiger charge is -2.14. The van der Waals surface area contributed by atoms with E-state index in [4.69, 9.17) is 9.47 Å². The zero-order chi connectivity index (χ0) is 19.5. The summed E-state index contributed by atoms with van der Waals surface area (Å²) in [6.45, 7) is 0.205. The fourth-order valence-corrected chi connectivity index (χ4v) is 3.45. The monoisotopic (exact) mass is 397 g/mol. The van der Waals surface area contributed by atoms with E-state index in [1.807, 2.05) is 24.3 Å². The Morgan fingerprint density at radius 1 is 1.11 bits per heavy atom. The van der Waals surface area contributed by atoms with Crippen molar-refractivity contribution in [3.63, 3.8) is 0 Å². The van der Waals surface area contributed by atoms with Gasteiger partial charge < -0.3 is 9.47 Å².